The molecule has 0 spiro atoms. The summed E-state index contributed by atoms with van der Waals surface area (Å²) in [4.78, 5) is 0. The second-order valence-corrected chi connectivity index (χ2v) is 6.79. The normalized spacial score (nSPS) is 10.1. The molecule has 0 saturated carbocycles. The molecule has 0 amide bonds. The van der Waals surface area contributed by atoms with Crippen LogP contribution < -0.4 is 0 Å². The number of hydrogen-bond acceptors (Lipinski definition) is 0. The third kappa shape index (κ3) is 6.33. The first-order chi connectivity index (χ1) is 13.9. The van der Waals surface area contributed by atoms with Gasteiger partial charge in [-0.1, -0.05) is 70.8 Å². The van der Waals surface area contributed by atoms with Crippen molar-refractivity contribution in [1.29, 1.82) is 0 Å². The van der Waals surface area contributed by atoms with Crippen molar-refractivity contribution in [3.63, 3.8) is 0 Å². The van der Waals surface area contributed by atoms with Crippen molar-refractivity contribution in [2.24, 2.45) is 0 Å². The van der Waals surface area contributed by atoms with Crippen molar-refractivity contribution >= 4 is 31.7 Å². The van der Waals surface area contributed by atoms with Crippen LogP contribution in [0.2, 0.25) is 0 Å². The number of benzene rings is 4. The zero-order valence-electron chi connectivity index (χ0n) is 18.5. The molecule has 0 bridgehead atoms. The zero-order chi connectivity index (χ0) is 19.3. The molecule has 6 rings (SSSR count). The van der Waals surface area contributed by atoms with E-state index in [-0.39, 0.29) is 39.7 Å². The molecule has 0 atom stereocenters. The number of halogens is 2. The molecule has 0 fully saturated rings. The predicted molar refractivity (Wildman–Crippen MR) is 143 cm³/mol. The molecular formula is C28H28Cl2SiZr-4. The van der Waals surface area contributed by atoms with E-state index in [2.05, 4.69) is 84.9 Å². The molecule has 0 aliphatic heterocycles. The fourth-order valence-corrected chi connectivity index (χ4v) is 4.00. The second kappa shape index (κ2) is 14.7. The maximum Gasteiger partial charge on any atom is -0.0253 e. The first kappa shape index (κ1) is 30.6. The van der Waals surface area contributed by atoms with Gasteiger partial charge < -0.3 is 14.9 Å². The first-order valence-electron chi connectivity index (χ1n) is 9.41. The van der Waals surface area contributed by atoms with E-state index in [0.29, 0.717) is 0 Å². The van der Waals surface area contributed by atoms with Gasteiger partial charge in [0.25, 0.3) is 0 Å². The molecule has 32 heavy (non-hydrogen) atoms. The van der Waals surface area contributed by atoms with Crippen molar-refractivity contribution in [2.75, 3.05) is 0 Å². The number of rotatable bonds is 0. The van der Waals surface area contributed by atoms with Gasteiger partial charge in [0.2, 0.25) is 0 Å². The minimum atomic E-state index is 0. The van der Waals surface area contributed by atoms with Gasteiger partial charge in [-0.25, -0.2) is 0 Å². The molecule has 4 aromatic rings. The van der Waals surface area contributed by atoms with Crippen LogP contribution in [0.1, 0.15) is 22.3 Å². The van der Waals surface area contributed by atoms with Crippen molar-refractivity contribution in [3.05, 3.63) is 134 Å². The zero-order valence-corrected chi connectivity index (χ0v) is 24.0. The average molecular weight is 555 g/mol. The number of fused-ring (bicyclic) bond motifs is 6. The predicted octanol–water partition coefficient (Wildman–Crippen LogP) is 6.94. The SMILES string of the molecule is Cl.Cl.[CH3-].[CH3-].[SiH2]=[Zr].[c-]1cccc2c1Cc1ccccc1-2.[c-]1cccc2c1Cc1ccccc1-2. The van der Waals surface area contributed by atoms with Gasteiger partial charge in [0.1, 0.15) is 0 Å². The van der Waals surface area contributed by atoms with Crippen molar-refractivity contribution in [1.82, 2.24) is 0 Å². The summed E-state index contributed by atoms with van der Waals surface area (Å²) in [5.74, 6) is 0. The van der Waals surface area contributed by atoms with Crippen LogP contribution in [-0.4, -0.2) is 6.88 Å². The summed E-state index contributed by atoms with van der Waals surface area (Å²) in [6.45, 7) is 1.95. The molecule has 166 valence electrons. The Morgan fingerprint density at radius 2 is 0.875 bits per heavy atom. The Balaban J connectivity index is 0.000000500. The van der Waals surface area contributed by atoms with Crippen molar-refractivity contribution < 1.29 is 23.3 Å². The summed E-state index contributed by atoms with van der Waals surface area (Å²) in [6, 6.07) is 36.2. The molecule has 0 N–H and O–H groups in total. The van der Waals surface area contributed by atoms with Crippen LogP contribution in [0.25, 0.3) is 22.3 Å². The Labute approximate surface area is 222 Å². The molecule has 0 saturated heterocycles. The Morgan fingerprint density at radius 1 is 0.531 bits per heavy atom. The van der Waals surface area contributed by atoms with Gasteiger partial charge in [0, 0.05) is 0 Å². The summed E-state index contributed by atoms with van der Waals surface area (Å²) in [7, 11) is 0. The first-order valence-corrected chi connectivity index (χ1v) is 15.3. The standard InChI is InChI=1S/2C13H9.2CH3.2ClH.H2Si.Zr/c2*1-3-7-12-10(5-1)9-11-6-2-4-8-13(11)12;;;;;;/h2*1-5,7-8H,9H2;2*1H3;2*1H;1H2;/q4*-1;;;;. The van der Waals surface area contributed by atoms with Gasteiger partial charge >= 0.3 is 30.2 Å². The molecule has 2 aliphatic carbocycles. The smallest absolute Gasteiger partial charge is 0.0253 e. The van der Waals surface area contributed by atoms with Crippen LogP contribution in [0, 0.1) is 27.0 Å². The van der Waals surface area contributed by atoms with Gasteiger partial charge in [0.05, 0.1) is 0 Å². The molecule has 0 heterocycles. The summed E-state index contributed by atoms with van der Waals surface area (Å²) in [6.07, 6.45) is 2.10. The number of hydrogen-bond donors (Lipinski definition) is 0. The summed E-state index contributed by atoms with van der Waals surface area (Å²) < 4.78 is 0. The topological polar surface area (TPSA) is 0 Å². The molecule has 4 heteroatoms. The maximum absolute atomic E-state index is 3.30. The van der Waals surface area contributed by atoms with E-state index < -0.39 is 0 Å². The van der Waals surface area contributed by atoms with Gasteiger partial charge in [-0.2, -0.15) is 59.7 Å². The average Bonchev–Trinajstić information content (AvgIpc) is 3.34. The van der Waals surface area contributed by atoms with E-state index in [0.717, 1.165) is 12.8 Å². The third-order valence-electron chi connectivity index (χ3n) is 5.23. The quantitative estimate of drug-likeness (QED) is 0.141. The van der Waals surface area contributed by atoms with E-state index in [1.807, 2.05) is 19.0 Å². The molecule has 4 aromatic carbocycles. The largest absolute Gasteiger partial charge is 0.179 e. The second-order valence-electron chi connectivity index (χ2n) is 6.79. The minimum absolute atomic E-state index is 0. The fraction of sp³-hybridized carbons (Fsp3) is 0.0714. The van der Waals surface area contributed by atoms with Crippen LogP contribution in [0.15, 0.2) is 84.9 Å². The summed E-state index contributed by atoms with van der Waals surface area (Å²) in [5, 5.41) is 0. The molecule has 0 unspecified atom stereocenters. The van der Waals surface area contributed by atoms with Gasteiger partial charge in [0.15, 0.2) is 0 Å². The monoisotopic (exact) mass is 552 g/mol. The van der Waals surface area contributed by atoms with Crippen molar-refractivity contribution in [2.45, 2.75) is 12.8 Å². The van der Waals surface area contributed by atoms with E-state index in [1.165, 1.54) is 44.5 Å². The third-order valence-corrected chi connectivity index (χ3v) is 5.23. The Kier molecular flexibility index (Phi) is 14.0. The van der Waals surface area contributed by atoms with Gasteiger partial charge in [-0.15, -0.1) is 35.9 Å². The summed E-state index contributed by atoms with van der Waals surface area (Å²) >= 11 is 1.58. The van der Waals surface area contributed by atoms with Crippen LogP contribution >= 0.6 is 24.8 Å². The van der Waals surface area contributed by atoms with Gasteiger partial charge in [-0.05, 0) is 12.8 Å². The maximum atomic E-state index is 3.30. The van der Waals surface area contributed by atoms with Crippen LogP contribution in [0.4, 0.5) is 0 Å². The van der Waals surface area contributed by atoms with E-state index in [1.54, 1.807) is 23.3 Å². The minimum Gasteiger partial charge on any atom is -0.179 e. The van der Waals surface area contributed by atoms with E-state index in [9.17, 15) is 0 Å². The summed E-state index contributed by atoms with van der Waals surface area (Å²) in [5.41, 5.74) is 11.0. The van der Waals surface area contributed by atoms with Crippen LogP contribution in [0.5, 0.6) is 0 Å². The molecule has 0 nitrogen and oxygen atoms in total. The Hall–Kier alpha value is -1.44. The van der Waals surface area contributed by atoms with Crippen LogP contribution in [-0.2, 0) is 36.2 Å². The van der Waals surface area contributed by atoms with E-state index in [4.69, 9.17) is 0 Å². The molecule has 2 aliphatic rings. The van der Waals surface area contributed by atoms with Gasteiger partial charge in [-0.3, -0.25) is 0 Å². The Bertz CT molecular complexity index is 951. The van der Waals surface area contributed by atoms with E-state index >= 15 is 0 Å². The molecule has 0 aromatic heterocycles. The van der Waals surface area contributed by atoms with Crippen LogP contribution in [0.3, 0.4) is 0 Å². The molecule has 0 radical (unpaired) electrons. The van der Waals surface area contributed by atoms with Crippen molar-refractivity contribution in [3.8, 4) is 22.3 Å². The fourth-order valence-electron chi connectivity index (χ4n) is 4.00. The molecular weight excluding hydrogens is 527 g/mol. The Morgan fingerprint density at radius 3 is 1.28 bits per heavy atom.